The molecule has 1 aromatic carbocycles. The highest BCUT2D eigenvalue weighted by molar-refractivity contribution is 7.12. The number of hydrogen-bond donors (Lipinski definition) is 2. The molecule has 5 heteroatoms. The van der Waals surface area contributed by atoms with Gasteiger partial charge in [0.25, 0.3) is 0 Å². The molecule has 22 heavy (non-hydrogen) atoms. The van der Waals surface area contributed by atoms with E-state index < -0.39 is 0 Å². The Morgan fingerprint density at radius 2 is 2.32 bits per heavy atom. The monoisotopic (exact) mass is 315 g/mol. The molecule has 0 aliphatic carbocycles. The average Bonchev–Trinajstić information content (AvgIpc) is 2.97. The molecule has 0 atom stereocenters. The topological polar surface area (TPSA) is 48.4 Å². The summed E-state index contributed by atoms with van der Waals surface area (Å²) in [6, 6.07) is 10.0. The Labute approximate surface area is 135 Å². The molecule has 0 amide bonds. The van der Waals surface area contributed by atoms with Gasteiger partial charge in [0.1, 0.15) is 18.2 Å². The Morgan fingerprint density at radius 3 is 3.09 bits per heavy atom. The largest absolute Gasteiger partial charge is 0.492 e. The van der Waals surface area contributed by atoms with Crippen molar-refractivity contribution < 1.29 is 4.74 Å². The van der Waals surface area contributed by atoms with Crippen LogP contribution in [-0.4, -0.2) is 30.4 Å². The van der Waals surface area contributed by atoms with Crippen LogP contribution in [0.4, 0.5) is 5.69 Å². The molecule has 2 N–H and O–H groups in total. The molecule has 1 aromatic heterocycles. The van der Waals surface area contributed by atoms with Crippen molar-refractivity contribution >= 4 is 22.9 Å². The quantitative estimate of drug-likeness (QED) is 0.666. The number of hydrogen-bond acceptors (Lipinski definition) is 4. The van der Waals surface area contributed by atoms with E-state index in [9.17, 15) is 0 Å². The van der Waals surface area contributed by atoms with Gasteiger partial charge in [0.05, 0.1) is 4.88 Å². The van der Waals surface area contributed by atoms with E-state index in [4.69, 9.17) is 10.1 Å². The first kappa shape index (κ1) is 15.1. The Bertz CT molecular complexity index is 639. The van der Waals surface area contributed by atoms with Gasteiger partial charge in [0.2, 0.25) is 0 Å². The van der Waals surface area contributed by atoms with Gasteiger partial charge >= 0.3 is 0 Å². The van der Waals surface area contributed by atoms with Gasteiger partial charge < -0.3 is 10.1 Å². The molecule has 116 valence electrons. The second kappa shape index (κ2) is 6.94. The molecule has 0 fully saturated rings. The Hall–Kier alpha value is -1.85. The number of nitrogens with zero attached hydrogens (tertiary/aromatic N) is 1. The summed E-state index contributed by atoms with van der Waals surface area (Å²) in [5.41, 5.74) is 2.13. The van der Waals surface area contributed by atoms with Crippen molar-refractivity contribution in [3.8, 4) is 5.75 Å². The minimum Gasteiger partial charge on any atom is -0.492 e. The maximum absolute atomic E-state index is 8.13. The lowest BCUT2D eigenvalue weighted by atomic mass is 10.1. The van der Waals surface area contributed by atoms with Crippen LogP contribution in [0, 0.1) is 5.41 Å². The molecular formula is C17H21N3OS. The minimum atomic E-state index is 0.440. The summed E-state index contributed by atoms with van der Waals surface area (Å²) in [7, 11) is 0. The fourth-order valence-corrected chi connectivity index (χ4v) is 3.29. The van der Waals surface area contributed by atoms with E-state index in [-0.39, 0.29) is 0 Å². The number of ether oxygens (including phenoxy) is 1. The molecule has 0 unspecified atom stereocenters. The third-order valence-corrected chi connectivity index (χ3v) is 4.58. The van der Waals surface area contributed by atoms with E-state index in [1.54, 1.807) is 11.3 Å². The number of thiophene rings is 1. The average molecular weight is 315 g/mol. The highest BCUT2D eigenvalue weighted by Crippen LogP contribution is 2.27. The van der Waals surface area contributed by atoms with Crippen molar-refractivity contribution in [3.05, 3.63) is 46.2 Å². The fourth-order valence-electron chi connectivity index (χ4n) is 2.66. The lowest BCUT2D eigenvalue weighted by Crippen LogP contribution is -2.26. The second-order valence-electron chi connectivity index (χ2n) is 5.42. The third kappa shape index (κ3) is 3.48. The van der Waals surface area contributed by atoms with Gasteiger partial charge in [-0.1, -0.05) is 13.0 Å². The first-order chi connectivity index (χ1) is 10.8. The van der Waals surface area contributed by atoms with Gasteiger partial charge in [-0.3, -0.25) is 10.3 Å². The number of fused-ring (bicyclic) bond motifs is 1. The van der Waals surface area contributed by atoms with Crippen molar-refractivity contribution in [2.45, 2.75) is 19.9 Å². The van der Waals surface area contributed by atoms with Gasteiger partial charge in [0, 0.05) is 24.3 Å². The molecule has 0 saturated heterocycles. The number of anilines is 1. The van der Waals surface area contributed by atoms with E-state index in [0.29, 0.717) is 5.84 Å². The van der Waals surface area contributed by atoms with E-state index in [0.717, 1.165) is 49.0 Å². The van der Waals surface area contributed by atoms with Gasteiger partial charge in [-0.25, -0.2) is 0 Å². The normalized spacial score (nSPS) is 14.8. The van der Waals surface area contributed by atoms with E-state index in [1.165, 1.54) is 5.56 Å². The van der Waals surface area contributed by atoms with Gasteiger partial charge in [-0.05, 0) is 42.6 Å². The maximum atomic E-state index is 8.13. The van der Waals surface area contributed by atoms with Crippen LogP contribution in [0.5, 0.6) is 5.75 Å². The van der Waals surface area contributed by atoms with Crippen LogP contribution in [0.2, 0.25) is 0 Å². The zero-order valence-corrected chi connectivity index (χ0v) is 13.6. The summed E-state index contributed by atoms with van der Waals surface area (Å²) in [5.74, 6) is 1.40. The van der Waals surface area contributed by atoms with E-state index >= 15 is 0 Å². The van der Waals surface area contributed by atoms with Gasteiger partial charge in [0.15, 0.2) is 0 Å². The van der Waals surface area contributed by atoms with Crippen LogP contribution < -0.4 is 10.1 Å². The van der Waals surface area contributed by atoms with E-state index in [1.807, 2.05) is 29.6 Å². The first-order valence-electron chi connectivity index (χ1n) is 7.64. The molecule has 3 rings (SSSR count). The lowest BCUT2D eigenvalue weighted by molar-refractivity contribution is 0.226. The molecular weight excluding hydrogens is 294 g/mol. The summed E-state index contributed by atoms with van der Waals surface area (Å²) < 4.78 is 5.84. The summed E-state index contributed by atoms with van der Waals surface area (Å²) in [6.07, 6.45) is 1.15. The van der Waals surface area contributed by atoms with Crippen LogP contribution in [0.1, 0.15) is 23.8 Å². The summed E-state index contributed by atoms with van der Waals surface area (Å²) >= 11 is 1.57. The minimum absolute atomic E-state index is 0.440. The third-order valence-electron chi connectivity index (χ3n) is 3.70. The summed E-state index contributed by atoms with van der Waals surface area (Å²) in [4.78, 5) is 3.36. The molecule has 1 aliphatic heterocycles. The predicted octanol–water partition coefficient (Wildman–Crippen LogP) is 3.79. The molecule has 2 heterocycles. The van der Waals surface area contributed by atoms with Crippen molar-refractivity contribution in [3.63, 3.8) is 0 Å². The van der Waals surface area contributed by atoms with Crippen molar-refractivity contribution in [1.82, 2.24) is 4.90 Å². The second-order valence-corrected chi connectivity index (χ2v) is 6.37. The molecule has 2 aromatic rings. The maximum Gasteiger partial charge on any atom is 0.140 e. The van der Waals surface area contributed by atoms with Crippen LogP contribution >= 0.6 is 11.3 Å². The van der Waals surface area contributed by atoms with Gasteiger partial charge in [-0.2, -0.15) is 0 Å². The smallest absolute Gasteiger partial charge is 0.140 e. The highest BCUT2D eigenvalue weighted by Gasteiger charge is 2.15. The number of rotatable bonds is 4. The highest BCUT2D eigenvalue weighted by atomic mass is 32.1. The molecule has 1 aliphatic rings. The van der Waals surface area contributed by atoms with Gasteiger partial charge in [-0.15, -0.1) is 11.3 Å². The molecule has 4 nitrogen and oxygen atoms in total. The zero-order chi connectivity index (χ0) is 15.4. The zero-order valence-electron chi connectivity index (χ0n) is 12.8. The summed E-state index contributed by atoms with van der Waals surface area (Å²) in [6.45, 7) is 5.91. The fraction of sp³-hybridized carbons (Fsp3) is 0.353. The SMILES string of the molecule is CCCN1CCOc2ccc(NC(=N)c3cccs3)cc2C1. The molecule has 0 bridgehead atoms. The van der Waals surface area contributed by atoms with Crippen LogP contribution in [0.25, 0.3) is 0 Å². The van der Waals surface area contributed by atoms with Crippen molar-refractivity contribution in [2.24, 2.45) is 0 Å². The van der Waals surface area contributed by atoms with Crippen molar-refractivity contribution in [2.75, 3.05) is 25.0 Å². The Morgan fingerprint density at radius 1 is 1.41 bits per heavy atom. The standard InChI is InChI=1S/C17H21N3OS/c1-2-7-20-8-9-21-15-6-5-14(11-13(15)12-20)19-17(18)16-4-3-10-22-16/h3-6,10-11H,2,7-9,12H2,1H3,(H2,18,19). The lowest BCUT2D eigenvalue weighted by Gasteiger charge is -2.18. The molecule has 0 saturated carbocycles. The Balaban J connectivity index is 1.76. The van der Waals surface area contributed by atoms with E-state index in [2.05, 4.69) is 23.2 Å². The number of amidine groups is 1. The number of nitrogens with one attached hydrogen (secondary N) is 2. The van der Waals surface area contributed by atoms with Crippen LogP contribution in [-0.2, 0) is 6.54 Å². The molecule has 0 radical (unpaired) electrons. The van der Waals surface area contributed by atoms with Crippen LogP contribution in [0.3, 0.4) is 0 Å². The van der Waals surface area contributed by atoms with Crippen LogP contribution in [0.15, 0.2) is 35.7 Å². The predicted molar refractivity (Wildman–Crippen MR) is 92.3 cm³/mol. The van der Waals surface area contributed by atoms with Crippen molar-refractivity contribution in [1.29, 1.82) is 5.41 Å². The summed E-state index contributed by atoms with van der Waals surface area (Å²) in [5, 5.41) is 13.3. The number of benzene rings is 1. The first-order valence-corrected chi connectivity index (χ1v) is 8.51. The Kier molecular flexibility index (Phi) is 4.75. The molecule has 0 spiro atoms.